The summed E-state index contributed by atoms with van der Waals surface area (Å²) >= 11 is 0. The zero-order chi connectivity index (χ0) is 29.5. The third-order valence-corrected chi connectivity index (χ3v) is 8.01. The molecule has 2 amide bonds. The maximum Gasteiger partial charge on any atom is 0.321 e. The number of amides is 2. The Morgan fingerprint density at radius 2 is 1.78 bits per heavy atom. The van der Waals surface area contributed by atoms with Gasteiger partial charge in [0.1, 0.15) is 5.82 Å². The Bertz CT molecular complexity index is 1330. The second-order valence-electron chi connectivity index (χ2n) is 10.8. The Labute approximate surface area is 245 Å². The van der Waals surface area contributed by atoms with E-state index in [4.69, 9.17) is 16.6 Å². The van der Waals surface area contributed by atoms with Crippen LogP contribution in [0.3, 0.4) is 0 Å². The van der Waals surface area contributed by atoms with Crippen LogP contribution in [-0.2, 0) is 6.54 Å². The lowest BCUT2D eigenvalue weighted by atomic mass is 9.95. The Morgan fingerprint density at radius 1 is 1.12 bits per heavy atom. The highest BCUT2D eigenvalue weighted by Crippen LogP contribution is 2.36. The Balaban J connectivity index is 1.56. The smallest absolute Gasteiger partial charge is 0.321 e. The second kappa shape index (κ2) is 13.8. The maximum absolute atomic E-state index is 12.5. The number of nitrogens with zero attached hydrogens (tertiary/aromatic N) is 4. The van der Waals surface area contributed by atoms with Crippen LogP contribution >= 0.6 is 0 Å². The number of aromatic nitrogens is 1. The number of hydrazine groups is 1. The Hall–Kier alpha value is -3.72. The van der Waals surface area contributed by atoms with Gasteiger partial charge in [0.2, 0.25) is 0 Å². The van der Waals surface area contributed by atoms with Crippen molar-refractivity contribution >= 4 is 11.8 Å². The van der Waals surface area contributed by atoms with Gasteiger partial charge in [-0.2, -0.15) is 0 Å². The molecule has 1 saturated heterocycles. The van der Waals surface area contributed by atoms with Gasteiger partial charge in [0.25, 0.3) is 0 Å². The van der Waals surface area contributed by atoms with Gasteiger partial charge in [-0.05, 0) is 57.7 Å². The molecule has 0 bridgehead atoms. The van der Waals surface area contributed by atoms with Gasteiger partial charge in [0, 0.05) is 67.7 Å². The first-order valence-corrected chi connectivity index (χ1v) is 14.6. The zero-order valence-electron chi connectivity index (χ0n) is 25.1. The van der Waals surface area contributed by atoms with Gasteiger partial charge in [-0.1, -0.05) is 60.7 Å². The van der Waals surface area contributed by atoms with Crippen molar-refractivity contribution in [1.29, 1.82) is 0 Å². The summed E-state index contributed by atoms with van der Waals surface area (Å²) in [4.78, 5) is 22.0. The molecule has 218 valence electrons. The van der Waals surface area contributed by atoms with E-state index >= 15 is 0 Å². The average Bonchev–Trinajstić information content (AvgIpc) is 3.01. The number of pyridine rings is 1. The molecule has 1 aliphatic heterocycles. The molecule has 2 heterocycles. The molecule has 1 fully saturated rings. The lowest BCUT2D eigenvalue weighted by Crippen LogP contribution is -2.49. The van der Waals surface area contributed by atoms with E-state index in [1.807, 2.05) is 56.9 Å². The predicted octanol–water partition coefficient (Wildman–Crippen LogP) is 5.66. The first-order chi connectivity index (χ1) is 19.8. The van der Waals surface area contributed by atoms with Crippen LogP contribution in [0.5, 0.6) is 0 Å². The van der Waals surface area contributed by atoms with Crippen molar-refractivity contribution in [1.82, 2.24) is 20.1 Å². The topological polar surface area (TPSA) is 104 Å². The van der Waals surface area contributed by atoms with Gasteiger partial charge in [-0.3, -0.25) is 14.8 Å². The SMILES string of the molecule is C/C=C(\C)N(C(=O)NC)C1CCN(Cc2ccc(-c3nc(N(N)CC)c(C(C)N)cc3-c3ccccc3)cc2)CC1. The third-order valence-electron chi connectivity index (χ3n) is 8.01. The van der Waals surface area contributed by atoms with Crippen LogP contribution < -0.4 is 21.9 Å². The van der Waals surface area contributed by atoms with Crippen molar-refractivity contribution in [3.63, 3.8) is 0 Å². The van der Waals surface area contributed by atoms with Gasteiger partial charge in [-0.25, -0.2) is 15.6 Å². The number of hydrogen-bond acceptors (Lipinski definition) is 6. The number of hydrogen-bond donors (Lipinski definition) is 3. The van der Waals surface area contributed by atoms with E-state index in [1.165, 1.54) is 5.56 Å². The molecule has 8 nitrogen and oxygen atoms in total. The molecule has 3 aromatic rings. The van der Waals surface area contributed by atoms with Crippen molar-refractivity contribution in [3.8, 4) is 22.4 Å². The molecular weight excluding hydrogens is 510 g/mol. The zero-order valence-corrected chi connectivity index (χ0v) is 25.1. The number of likely N-dealkylation sites (tertiary alicyclic amines) is 1. The minimum absolute atomic E-state index is 0.0353. The molecule has 0 aliphatic carbocycles. The van der Waals surface area contributed by atoms with Crippen LogP contribution in [0, 0.1) is 0 Å². The van der Waals surface area contributed by atoms with Crippen LogP contribution in [0.4, 0.5) is 10.6 Å². The lowest BCUT2D eigenvalue weighted by molar-refractivity contribution is 0.135. The van der Waals surface area contributed by atoms with Crippen LogP contribution in [-0.4, -0.2) is 53.5 Å². The summed E-state index contributed by atoms with van der Waals surface area (Å²) in [6, 6.07) is 21.1. The molecule has 0 spiro atoms. The molecule has 0 saturated carbocycles. The van der Waals surface area contributed by atoms with Gasteiger partial charge in [0.05, 0.1) is 5.69 Å². The molecule has 1 atom stereocenters. The van der Waals surface area contributed by atoms with Gasteiger partial charge >= 0.3 is 6.03 Å². The monoisotopic (exact) mass is 555 g/mol. The molecule has 5 N–H and O–H groups in total. The number of anilines is 1. The number of rotatable bonds is 9. The lowest BCUT2D eigenvalue weighted by Gasteiger charge is -2.38. The summed E-state index contributed by atoms with van der Waals surface area (Å²) in [7, 11) is 1.69. The second-order valence-corrected chi connectivity index (χ2v) is 10.8. The first kappa shape index (κ1) is 30.2. The summed E-state index contributed by atoms with van der Waals surface area (Å²) in [5.74, 6) is 7.07. The van der Waals surface area contributed by atoms with E-state index in [0.717, 1.165) is 66.1 Å². The van der Waals surface area contributed by atoms with Crippen LogP contribution in [0.2, 0.25) is 0 Å². The van der Waals surface area contributed by atoms with Crippen molar-refractivity contribution in [2.75, 3.05) is 31.7 Å². The van der Waals surface area contributed by atoms with E-state index < -0.39 is 0 Å². The van der Waals surface area contributed by atoms with E-state index in [2.05, 4.69) is 52.7 Å². The molecule has 4 rings (SSSR count). The quantitative estimate of drug-likeness (QED) is 0.232. The van der Waals surface area contributed by atoms with Crippen LogP contribution in [0.1, 0.15) is 57.7 Å². The Kier molecular flexibility index (Phi) is 10.2. The van der Waals surface area contributed by atoms with Crippen LogP contribution in [0.15, 0.2) is 72.4 Å². The number of benzene rings is 2. The maximum atomic E-state index is 12.5. The average molecular weight is 556 g/mol. The highest BCUT2D eigenvalue weighted by atomic mass is 16.2. The van der Waals surface area contributed by atoms with Crippen molar-refractivity contribution in [2.24, 2.45) is 11.6 Å². The van der Waals surface area contributed by atoms with Gasteiger partial charge in [-0.15, -0.1) is 0 Å². The Morgan fingerprint density at radius 3 is 2.34 bits per heavy atom. The van der Waals surface area contributed by atoms with E-state index in [1.54, 1.807) is 12.1 Å². The third kappa shape index (κ3) is 6.96. The van der Waals surface area contributed by atoms with Gasteiger partial charge in [0.15, 0.2) is 0 Å². The summed E-state index contributed by atoms with van der Waals surface area (Å²) < 4.78 is 0. The number of urea groups is 1. The molecule has 8 heteroatoms. The molecule has 41 heavy (non-hydrogen) atoms. The normalized spacial score (nSPS) is 15.4. The van der Waals surface area contributed by atoms with Crippen molar-refractivity contribution < 1.29 is 4.79 Å². The fourth-order valence-corrected chi connectivity index (χ4v) is 5.53. The van der Waals surface area contributed by atoms with E-state index in [-0.39, 0.29) is 18.1 Å². The number of nitrogens with two attached hydrogens (primary N) is 2. The van der Waals surface area contributed by atoms with Gasteiger partial charge < -0.3 is 11.1 Å². The molecule has 1 aromatic heterocycles. The first-order valence-electron chi connectivity index (χ1n) is 14.6. The highest BCUT2D eigenvalue weighted by molar-refractivity contribution is 5.83. The molecule has 1 unspecified atom stereocenters. The molecule has 2 aromatic carbocycles. The standard InChI is InChI=1S/C33H45N7O/c1-6-23(3)40(33(41)36-5)28-17-19-38(20-18-28)22-25-13-15-27(16-14-25)31-30(26-11-9-8-10-12-26)21-29(24(4)34)32(37-31)39(35)7-2/h6,8-16,21,24,28H,7,17-20,22,34-35H2,1-5H3,(H,36,41)/b23-6+. The number of allylic oxidation sites excluding steroid dienone is 2. The number of carbonyl (C=O) groups excluding carboxylic acids is 1. The van der Waals surface area contributed by atoms with Crippen LogP contribution in [0.25, 0.3) is 22.4 Å². The van der Waals surface area contributed by atoms with E-state index in [0.29, 0.717) is 12.4 Å². The summed E-state index contributed by atoms with van der Waals surface area (Å²) in [5, 5.41) is 4.46. The molecular formula is C33H45N7O. The molecule has 1 aliphatic rings. The van der Waals surface area contributed by atoms with Crippen molar-refractivity contribution in [3.05, 3.63) is 83.6 Å². The summed E-state index contributed by atoms with van der Waals surface area (Å²) in [6.07, 6.45) is 3.90. The molecule has 0 radical (unpaired) electrons. The number of piperidine rings is 1. The van der Waals surface area contributed by atoms with E-state index in [9.17, 15) is 4.79 Å². The minimum atomic E-state index is -0.205. The highest BCUT2D eigenvalue weighted by Gasteiger charge is 2.28. The van der Waals surface area contributed by atoms with Crippen molar-refractivity contribution in [2.45, 2.75) is 59.2 Å². The summed E-state index contributed by atoms with van der Waals surface area (Å²) in [6.45, 7) is 11.3. The largest absolute Gasteiger partial charge is 0.341 e. The summed E-state index contributed by atoms with van der Waals surface area (Å²) in [5.41, 5.74) is 13.6. The number of carbonyl (C=O) groups is 1. The minimum Gasteiger partial charge on any atom is -0.341 e. The fraction of sp³-hybridized carbons (Fsp3) is 0.394. The predicted molar refractivity (Wildman–Crippen MR) is 169 cm³/mol. The fourth-order valence-electron chi connectivity index (χ4n) is 5.53. The number of nitrogens with one attached hydrogen (secondary N) is 1.